The maximum Gasteiger partial charge on any atom is 0.387 e. The zero-order chi connectivity index (χ0) is 27.7. The van der Waals surface area contributed by atoms with Crippen LogP contribution in [0.15, 0.2) is 61.3 Å². The zero-order valence-corrected chi connectivity index (χ0v) is 21.2. The summed E-state index contributed by atoms with van der Waals surface area (Å²) in [5.74, 6) is -0.149. The molecule has 3 aromatic rings. The number of aromatic nitrogens is 2. The molecule has 10 nitrogen and oxygen atoms in total. The number of amides is 1. The number of benzene rings is 2. The van der Waals surface area contributed by atoms with Gasteiger partial charge in [0, 0.05) is 38.1 Å². The highest BCUT2D eigenvalue weighted by molar-refractivity contribution is 6.02. The fraction of sp³-hybridized carbons (Fsp3) is 0.231. The number of anilines is 6. The normalized spacial score (nSPS) is 10.6. The van der Waals surface area contributed by atoms with Crippen LogP contribution in [0.3, 0.4) is 0 Å². The molecule has 198 valence electrons. The van der Waals surface area contributed by atoms with Crippen molar-refractivity contribution in [2.45, 2.75) is 6.61 Å². The van der Waals surface area contributed by atoms with E-state index in [1.165, 1.54) is 18.3 Å². The summed E-state index contributed by atoms with van der Waals surface area (Å²) in [5.41, 5.74) is 2.04. The van der Waals surface area contributed by atoms with E-state index in [1.807, 2.05) is 23.9 Å². The van der Waals surface area contributed by atoms with E-state index in [4.69, 9.17) is 10.00 Å². The Morgan fingerprint density at radius 3 is 2.63 bits per heavy atom. The molecule has 0 radical (unpaired) electrons. The van der Waals surface area contributed by atoms with Crippen molar-refractivity contribution >= 4 is 40.4 Å². The lowest BCUT2D eigenvalue weighted by atomic mass is 10.2. The lowest BCUT2D eigenvalue weighted by Crippen LogP contribution is -2.29. The van der Waals surface area contributed by atoms with E-state index in [0.29, 0.717) is 41.5 Å². The number of nitrogens with one attached hydrogen (secondary N) is 3. The van der Waals surface area contributed by atoms with Crippen molar-refractivity contribution < 1.29 is 18.3 Å². The summed E-state index contributed by atoms with van der Waals surface area (Å²) < 4.78 is 31.5. The second kappa shape index (κ2) is 13.0. The summed E-state index contributed by atoms with van der Waals surface area (Å²) in [5, 5.41) is 17.8. The van der Waals surface area contributed by atoms with Crippen molar-refractivity contribution in [1.82, 2.24) is 14.9 Å². The van der Waals surface area contributed by atoms with Crippen LogP contribution in [0.1, 0.15) is 5.56 Å². The Labute approximate surface area is 219 Å². The van der Waals surface area contributed by atoms with Crippen LogP contribution in [0.4, 0.5) is 43.3 Å². The van der Waals surface area contributed by atoms with Gasteiger partial charge < -0.3 is 30.5 Å². The van der Waals surface area contributed by atoms with Crippen LogP contribution < -0.4 is 25.6 Å². The molecule has 1 amide bonds. The van der Waals surface area contributed by atoms with Crippen LogP contribution in [-0.4, -0.2) is 61.6 Å². The predicted octanol–water partition coefficient (Wildman–Crippen LogP) is 4.56. The van der Waals surface area contributed by atoms with Gasteiger partial charge in [0.25, 0.3) is 0 Å². The molecule has 0 unspecified atom stereocenters. The molecule has 0 bridgehead atoms. The number of halogens is 2. The van der Waals surface area contributed by atoms with Crippen LogP contribution in [0, 0.1) is 11.3 Å². The Bertz CT molecular complexity index is 1330. The first-order valence-corrected chi connectivity index (χ1v) is 11.5. The molecule has 2 aromatic carbocycles. The SMILES string of the molecule is C=CC(=O)Nc1cc(Nc2nccc(Nc3cccc(C#N)c3)n2)c(OC(F)F)cc1N(C)CCN(C)C. The van der Waals surface area contributed by atoms with Gasteiger partial charge in [-0.3, -0.25) is 4.79 Å². The molecule has 0 aliphatic carbocycles. The molecule has 0 spiro atoms. The van der Waals surface area contributed by atoms with Gasteiger partial charge in [-0.15, -0.1) is 0 Å². The molecule has 12 heteroatoms. The standard InChI is InChI=1S/C26H28F2N8O2/c1-5-24(37)32-19-14-20(22(38-25(27)28)15-21(19)36(4)12-11-35(2)3)33-26-30-10-9-23(34-26)31-18-8-6-7-17(13-18)16-29/h5-10,13-15,25H,1,11-12H2,2-4H3,(H,32,37)(H2,30,31,33,34). The minimum absolute atomic E-state index is 0.0836. The summed E-state index contributed by atoms with van der Waals surface area (Å²) in [7, 11) is 5.60. The van der Waals surface area contributed by atoms with Crippen LogP contribution >= 0.6 is 0 Å². The van der Waals surface area contributed by atoms with Crippen LogP contribution in [0.25, 0.3) is 0 Å². The molecule has 1 aromatic heterocycles. The quantitative estimate of drug-likeness (QED) is 0.294. The number of ether oxygens (including phenoxy) is 1. The highest BCUT2D eigenvalue weighted by atomic mass is 19.3. The molecule has 0 fully saturated rings. The molecule has 0 aliphatic heterocycles. The molecule has 0 atom stereocenters. The van der Waals surface area contributed by atoms with Gasteiger partial charge in [0.1, 0.15) is 5.82 Å². The van der Waals surface area contributed by atoms with Gasteiger partial charge in [0.2, 0.25) is 11.9 Å². The molecule has 38 heavy (non-hydrogen) atoms. The van der Waals surface area contributed by atoms with Gasteiger partial charge in [0.05, 0.1) is 28.7 Å². The number of nitriles is 1. The Hall–Kier alpha value is -4.76. The number of alkyl halides is 2. The van der Waals surface area contributed by atoms with Crippen LogP contribution in [-0.2, 0) is 4.79 Å². The first-order chi connectivity index (χ1) is 18.2. The fourth-order valence-corrected chi connectivity index (χ4v) is 3.35. The second-order valence-electron chi connectivity index (χ2n) is 8.37. The minimum atomic E-state index is -3.09. The van der Waals surface area contributed by atoms with Gasteiger partial charge in [-0.05, 0) is 50.5 Å². The van der Waals surface area contributed by atoms with E-state index in [0.717, 1.165) is 6.08 Å². The minimum Gasteiger partial charge on any atom is -0.433 e. The third kappa shape index (κ3) is 7.87. The first-order valence-electron chi connectivity index (χ1n) is 11.5. The Balaban J connectivity index is 1.97. The van der Waals surface area contributed by atoms with Crippen molar-refractivity contribution in [1.29, 1.82) is 5.26 Å². The van der Waals surface area contributed by atoms with Gasteiger partial charge in [-0.2, -0.15) is 19.0 Å². The van der Waals surface area contributed by atoms with Crippen molar-refractivity contribution in [3.8, 4) is 11.8 Å². The first kappa shape index (κ1) is 27.8. The predicted molar refractivity (Wildman–Crippen MR) is 143 cm³/mol. The summed E-state index contributed by atoms with van der Waals surface area (Å²) in [6.45, 7) is 1.62. The molecule has 0 saturated heterocycles. The largest absolute Gasteiger partial charge is 0.433 e. The van der Waals surface area contributed by atoms with Gasteiger partial charge in [0.15, 0.2) is 5.75 Å². The fourth-order valence-electron chi connectivity index (χ4n) is 3.35. The van der Waals surface area contributed by atoms with Crippen molar-refractivity contribution in [2.75, 3.05) is 55.1 Å². The van der Waals surface area contributed by atoms with Crippen molar-refractivity contribution in [2.24, 2.45) is 0 Å². The summed E-state index contributed by atoms with van der Waals surface area (Å²) in [6, 6.07) is 13.4. The number of carbonyl (C=O) groups excluding carboxylic acids is 1. The van der Waals surface area contributed by atoms with E-state index in [1.54, 1.807) is 37.4 Å². The van der Waals surface area contributed by atoms with Crippen LogP contribution in [0.5, 0.6) is 5.75 Å². The summed E-state index contributed by atoms with van der Waals surface area (Å²) in [6.07, 6.45) is 2.59. The summed E-state index contributed by atoms with van der Waals surface area (Å²) >= 11 is 0. The average Bonchev–Trinajstić information content (AvgIpc) is 2.88. The molecule has 0 aliphatic rings. The molecule has 3 rings (SSSR count). The number of carbonyl (C=O) groups is 1. The highest BCUT2D eigenvalue weighted by Crippen LogP contribution is 2.39. The van der Waals surface area contributed by atoms with Gasteiger partial charge in [-0.25, -0.2) is 4.98 Å². The van der Waals surface area contributed by atoms with E-state index in [-0.39, 0.29) is 17.4 Å². The monoisotopic (exact) mass is 522 g/mol. The molecular weight excluding hydrogens is 494 g/mol. The van der Waals surface area contributed by atoms with Crippen molar-refractivity contribution in [3.63, 3.8) is 0 Å². The Morgan fingerprint density at radius 1 is 1.16 bits per heavy atom. The Morgan fingerprint density at radius 2 is 1.95 bits per heavy atom. The third-order valence-corrected chi connectivity index (χ3v) is 5.22. The van der Waals surface area contributed by atoms with E-state index in [9.17, 15) is 13.6 Å². The number of likely N-dealkylation sites (N-methyl/N-ethyl adjacent to an activating group) is 2. The molecule has 1 heterocycles. The third-order valence-electron chi connectivity index (χ3n) is 5.22. The average molecular weight is 523 g/mol. The topological polar surface area (TPSA) is 118 Å². The van der Waals surface area contributed by atoms with Gasteiger partial charge >= 0.3 is 6.61 Å². The van der Waals surface area contributed by atoms with E-state index >= 15 is 0 Å². The number of hydrogen-bond donors (Lipinski definition) is 3. The number of hydrogen-bond acceptors (Lipinski definition) is 9. The lowest BCUT2D eigenvalue weighted by Gasteiger charge is -2.26. The maximum atomic E-state index is 13.3. The lowest BCUT2D eigenvalue weighted by molar-refractivity contribution is -0.111. The zero-order valence-electron chi connectivity index (χ0n) is 21.2. The van der Waals surface area contributed by atoms with Gasteiger partial charge in [-0.1, -0.05) is 12.6 Å². The van der Waals surface area contributed by atoms with Crippen molar-refractivity contribution in [3.05, 3.63) is 66.9 Å². The molecule has 3 N–H and O–H groups in total. The smallest absolute Gasteiger partial charge is 0.387 e. The molecular formula is C26H28F2N8O2. The number of rotatable bonds is 12. The Kier molecular flexibility index (Phi) is 9.50. The number of nitrogens with zero attached hydrogens (tertiary/aromatic N) is 5. The highest BCUT2D eigenvalue weighted by Gasteiger charge is 2.19. The maximum absolute atomic E-state index is 13.3. The molecule has 0 saturated carbocycles. The second-order valence-corrected chi connectivity index (χ2v) is 8.37. The van der Waals surface area contributed by atoms with Crippen LogP contribution in [0.2, 0.25) is 0 Å². The van der Waals surface area contributed by atoms with E-state index in [2.05, 4.69) is 38.6 Å². The van der Waals surface area contributed by atoms with E-state index < -0.39 is 12.5 Å². The summed E-state index contributed by atoms with van der Waals surface area (Å²) in [4.78, 5) is 24.5.